The van der Waals surface area contributed by atoms with Crippen LogP contribution < -0.4 is 10.1 Å². The Bertz CT molecular complexity index is 524. The van der Waals surface area contributed by atoms with E-state index in [9.17, 15) is 0 Å². The van der Waals surface area contributed by atoms with Gasteiger partial charge in [0.05, 0.1) is 13.2 Å². The predicted molar refractivity (Wildman–Crippen MR) is 109 cm³/mol. The molecular weight excluding hydrogens is 435 g/mol. The highest BCUT2D eigenvalue weighted by atomic mass is 127. The minimum Gasteiger partial charge on any atom is -0.475 e. The minimum atomic E-state index is 0. The van der Waals surface area contributed by atoms with Crippen molar-refractivity contribution in [3.8, 4) is 5.88 Å². The summed E-state index contributed by atoms with van der Waals surface area (Å²) in [4.78, 5) is 10.8. The number of rotatable bonds is 8. The van der Waals surface area contributed by atoms with E-state index < -0.39 is 0 Å². The van der Waals surface area contributed by atoms with Crippen LogP contribution in [0.25, 0.3) is 0 Å². The third-order valence-electron chi connectivity index (χ3n) is 3.94. The van der Waals surface area contributed by atoms with E-state index in [2.05, 4.69) is 20.2 Å². The van der Waals surface area contributed by atoms with Crippen LogP contribution in [0.3, 0.4) is 0 Å². The topological polar surface area (TPSA) is 68.2 Å². The molecule has 1 aliphatic heterocycles. The Morgan fingerprint density at radius 1 is 1.48 bits per heavy atom. The highest BCUT2D eigenvalue weighted by Gasteiger charge is 2.19. The van der Waals surface area contributed by atoms with E-state index in [4.69, 9.17) is 14.2 Å². The molecular formula is C17H29IN4O3. The fraction of sp³-hybridized carbons (Fsp3) is 0.647. The Labute approximate surface area is 167 Å². The Morgan fingerprint density at radius 3 is 3.00 bits per heavy atom. The second-order valence-electron chi connectivity index (χ2n) is 5.82. The average molecular weight is 464 g/mol. The lowest BCUT2D eigenvalue weighted by molar-refractivity contribution is 0.143. The fourth-order valence-corrected chi connectivity index (χ4v) is 2.67. The summed E-state index contributed by atoms with van der Waals surface area (Å²) in [6.45, 7) is 4.26. The van der Waals surface area contributed by atoms with E-state index in [0.717, 1.165) is 37.7 Å². The molecule has 0 spiro atoms. The van der Waals surface area contributed by atoms with Gasteiger partial charge in [-0.25, -0.2) is 4.98 Å². The summed E-state index contributed by atoms with van der Waals surface area (Å²) in [6, 6.07) is 3.91. The van der Waals surface area contributed by atoms with Crippen molar-refractivity contribution in [1.82, 2.24) is 15.2 Å². The number of ether oxygens (including phenoxy) is 3. The predicted octanol–water partition coefficient (Wildman–Crippen LogP) is 1.77. The summed E-state index contributed by atoms with van der Waals surface area (Å²) >= 11 is 0. The molecule has 1 atom stereocenters. The van der Waals surface area contributed by atoms with E-state index in [1.807, 2.05) is 19.2 Å². The van der Waals surface area contributed by atoms with Crippen molar-refractivity contribution in [2.75, 3.05) is 54.2 Å². The summed E-state index contributed by atoms with van der Waals surface area (Å²) in [5.74, 6) is 2.05. The molecule has 0 saturated carbocycles. The maximum atomic E-state index is 5.67. The van der Waals surface area contributed by atoms with Crippen LogP contribution in [0.5, 0.6) is 5.88 Å². The van der Waals surface area contributed by atoms with Crippen molar-refractivity contribution in [1.29, 1.82) is 0 Å². The van der Waals surface area contributed by atoms with Crippen molar-refractivity contribution in [3.05, 3.63) is 23.9 Å². The van der Waals surface area contributed by atoms with Gasteiger partial charge in [-0.3, -0.25) is 4.99 Å². The second-order valence-corrected chi connectivity index (χ2v) is 5.82. The van der Waals surface area contributed by atoms with Gasteiger partial charge in [-0.05, 0) is 12.5 Å². The monoisotopic (exact) mass is 464 g/mol. The van der Waals surface area contributed by atoms with Crippen LogP contribution in [-0.2, 0) is 16.0 Å². The molecule has 1 fully saturated rings. The van der Waals surface area contributed by atoms with Crippen molar-refractivity contribution in [2.24, 2.45) is 10.9 Å². The number of halogens is 1. The first kappa shape index (κ1) is 21.9. The first-order valence-corrected chi connectivity index (χ1v) is 8.29. The molecule has 142 valence electrons. The molecule has 0 bridgehead atoms. The average Bonchev–Trinajstić information content (AvgIpc) is 3.10. The van der Waals surface area contributed by atoms with Crippen LogP contribution in [0.2, 0.25) is 0 Å². The molecule has 0 amide bonds. The quantitative estimate of drug-likeness (QED) is 0.274. The molecule has 2 heterocycles. The number of hydrogen-bond acceptors (Lipinski definition) is 5. The standard InChI is InChI=1S/C17H28N4O3.HI/c1-18-17(21(2)12-14-6-8-23-13-14)20-11-15-5-4-7-19-16(15)24-10-9-22-3;/h4-5,7,14H,6,8-13H2,1-3H3,(H,18,20);1H. The highest BCUT2D eigenvalue weighted by molar-refractivity contribution is 14.0. The van der Waals surface area contributed by atoms with Gasteiger partial charge in [-0.15, -0.1) is 24.0 Å². The third-order valence-corrected chi connectivity index (χ3v) is 3.94. The van der Waals surface area contributed by atoms with E-state index in [1.54, 1.807) is 20.4 Å². The summed E-state index contributed by atoms with van der Waals surface area (Å²) in [5, 5.41) is 3.37. The number of nitrogens with one attached hydrogen (secondary N) is 1. The highest BCUT2D eigenvalue weighted by Crippen LogP contribution is 2.15. The molecule has 0 radical (unpaired) electrons. The maximum Gasteiger partial charge on any atom is 0.218 e. The molecule has 25 heavy (non-hydrogen) atoms. The number of nitrogens with zero attached hydrogens (tertiary/aromatic N) is 3. The zero-order valence-electron chi connectivity index (χ0n) is 15.2. The van der Waals surface area contributed by atoms with Crippen molar-refractivity contribution < 1.29 is 14.2 Å². The van der Waals surface area contributed by atoms with Gasteiger partial charge in [0.15, 0.2) is 5.96 Å². The molecule has 0 aromatic carbocycles. The third kappa shape index (κ3) is 7.33. The van der Waals surface area contributed by atoms with E-state index in [-0.39, 0.29) is 24.0 Å². The van der Waals surface area contributed by atoms with Crippen LogP contribution in [0.1, 0.15) is 12.0 Å². The van der Waals surface area contributed by atoms with Gasteiger partial charge in [-0.2, -0.15) is 0 Å². The fourth-order valence-electron chi connectivity index (χ4n) is 2.67. The van der Waals surface area contributed by atoms with Crippen LogP contribution >= 0.6 is 24.0 Å². The zero-order chi connectivity index (χ0) is 17.2. The summed E-state index contributed by atoms with van der Waals surface area (Å²) in [7, 11) is 5.50. The number of aromatic nitrogens is 1. The van der Waals surface area contributed by atoms with Gasteiger partial charge in [0, 0.05) is 58.6 Å². The lowest BCUT2D eigenvalue weighted by Crippen LogP contribution is -2.41. The van der Waals surface area contributed by atoms with Crippen LogP contribution in [0, 0.1) is 5.92 Å². The molecule has 2 rings (SSSR count). The zero-order valence-corrected chi connectivity index (χ0v) is 17.6. The Hall–Kier alpha value is -1.13. The lowest BCUT2D eigenvalue weighted by atomic mass is 10.1. The first-order chi connectivity index (χ1) is 11.7. The molecule has 1 unspecified atom stereocenters. The van der Waals surface area contributed by atoms with Crippen molar-refractivity contribution in [3.63, 3.8) is 0 Å². The van der Waals surface area contributed by atoms with E-state index in [0.29, 0.717) is 31.6 Å². The largest absolute Gasteiger partial charge is 0.475 e. The SMILES string of the molecule is CN=C(NCc1cccnc1OCCOC)N(C)CC1CCOC1.I. The number of guanidine groups is 1. The van der Waals surface area contributed by atoms with Crippen LogP contribution in [0.4, 0.5) is 0 Å². The van der Waals surface area contributed by atoms with Crippen molar-refractivity contribution in [2.45, 2.75) is 13.0 Å². The molecule has 1 aromatic heterocycles. The molecule has 1 aromatic rings. The number of methoxy groups -OCH3 is 1. The Kier molecular flexibility index (Phi) is 10.7. The van der Waals surface area contributed by atoms with Gasteiger partial charge in [0.2, 0.25) is 5.88 Å². The molecule has 0 aliphatic carbocycles. The number of pyridine rings is 1. The van der Waals surface area contributed by atoms with Crippen molar-refractivity contribution >= 4 is 29.9 Å². The molecule has 1 saturated heterocycles. The van der Waals surface area contributed by atoms with Gasteiger partial charge < -0.3 is 24.4 Å². The molecule has 1 N–H and O–H groups in total. The molecule has 8 heteroatoms. The van der Waals surface area contributed by atoms with Gasteiger partial charge in [0.1, 0.15) is 6.61 Å². The summed E-state index contributed by atoms with van der Waals surface area (Å²) in [5.41, 5.74) is 0.993. The van der Waals surface area contributed by atoms with Gasteiger partial charge in [0.25, 0.3) is 0 Å². The van der Waals surface area contributed by atoms with Crippen LogP contribution in [0.15, 0.2) is 23.3 Å². The van der Waals surface area contributed by atoms with Gasteiger partial charge in [-0.1, -0.05) is 6.07 Å². The van der Waals surface area contributed by atoms with Crippen LogP contribution in [-0.4, -0.2) is 70.0 Å². The second kappa shape index (κ2) is 12.3. The Balaban J connectivity index is 0.00000312. The normalized spacial score (nSPS) is 17.1. The van der Waals surface area contributed by atoms with E-state index in [1.165, 1.54) is 0 Å². The number of hydrogen-bond donors (Lipinski definition) is 1. The smallest absolute Gasteiger partial charge is 0.218 e. The maximum absolute atomic E-state index is 5.67. The molecule has 7 nitrogen and oxygen atoms in total. The minimum absolute atomic E-state index is 0. The summed E-state index contributed by atoms with van der Waals surface area (Å²) in [6.07, 6.45) is 2.84. The molecule has 1 aliphatic rings. The van der Waals surface area contributed by atoms with E-state index >= 15 is 0 Å². The summed E-state index contributed by atoms with van der Waals surface area (Å²) < 4.78 is 16.1. The first-order valence-electron chi connectivity index (χ1n) is 8.29. The lowest BCUT2D eigenvalue weighted by Gasteiger charge is -2.24. The van der Waals surface area contributed by atoms with Gasteiger partial charge >= 0.3 is 0 Å². The number of aliphatic imine (C=N–C) groups is 1. The Morgan fingerprint density at radius 2 is 2.32 bits per heavy atom.